The second-order valence-electron chi connectivity index (χ2n) is 9.27. The van der Waals surface area contributed by atoms with Crippen LogP contribution in [0.1, 0.15) is 30.5 Å². The van der Waals surface area contributed by atoms with Gasteiger partial charge in [-0.25, -0.2) is 4.98 Å². The lowest BCUT2D eigenvalue weighted by atomic mass is 10.1. The number of anilines is 1. The Bertz CT molecular complexity index is 1410. The summed E-state index contributed by atoms with van der Waals surface area (Å²) in [7, 11) is 0. The summed E-state index contributed by atoms with van der Waals surface area (Å²) in [6.45, 7) is 7.67. The number of carbonyl (C=O) groups is 1. The summed E-state index contributed by atoms with van der Waals surface area (Å²) in [6.07, 6.45) is 4.08. The second kappa shape index (κ2) is 10.2. The van der Waals surface area contributed by atoms with Crippen LogP contribution >= 0.6 is 24.0 Å². The van der Waals surface area contributed by atoms with Crippen LogP contribution in [-0.2, 0) is 16.0 Å². The number of benzene rings is 1. The molecule has 7 nitrogen and oxygen atoms in total. The lowest BCUT2D eigenvalue weighted by molar-refractivity contribution is -0.122. The molecule has 0 unspecified atom stereocenters. The van der Waals surface area contributed by atoms with Crippen molar-refractivity contribution in [2.24, 2.45) is 0 Å². The number of aromatic nitrogens is 2. The molecule has 0 saturated carbocycles. The molecule has 0 spiro atoms. The fourth-order valence-corrected chi connectivity index (χ4v) is 6.02. The van der Waals surface area contributed by atoms with Crippen molar-refractivity contribution in [1.29, 1.82) is 0 Å². The SMILES string of the molecule is Cc1cccn2c(=O)c(/C=C3/SC(=S)N(CCc4ccccc4)C3=O)c(N3C[C@@H](C)O[C@@H](C)C3)nc12. The summed E-state index contributed by atoms with van der Waals surface area (Å²) >= 11 is 6.78. The quantitative estimate of drug-likeness (QED) is 0.371. The van der Waals surface area contributed by atoms with E-state index in [0.29, 0.717) is 52.3 Å². The van der Waals surface area contributed by atoms with E-state index in [-0.39, 0.29) is 23.7 Å². The molecule has 186 valence electrons. The molecule has 9 heteroatoms. The van der Waals surface area contributed by atoms with E-state index in [9.17, 15) is 9.59 Å². The van der Waals surface area contributed by atoms with Gasteiger partial charge in [0.1, 0.15) is 15.8 Å². The van der Waals surface area contributed by atoms with Gasteiger partial charge in [-0.1, -0.05) is 60.4 Å². The van der Waals surface area contributed by atoms with Gasteiger partial charge in [0.2, 0.25) is 0 Å². The third-order valence-corrected chi connectivity index (χ3v) is 7.78. The van der Waals surface area contributed by atoms with E-state index in [1.165, 1.54) is 11.8 Å². The minimum Gasteiger partial charge on any atom is -0.372 e. The number of thiocarbonyl (C=S) groups is 1. The monoisotopic (exact) mass is 520 g/mol. The minimum absolute atomic E-state index is 0.00470. The van der Waals surface area contributed by atoms with Crippen molar-refractivity contribution < 1.29 is 9.53 Å². The number of fused-ring (bicyclic) bond motifs is 1. The minimum atomic E-state index is -0.208. The van der Waals surface area contributed by atoms with Gasteiger partial charge >= 0.3 is 0 Å². The third kappa shape index (κ3) is 4.83. The molecule has 4 heterocycles. The molecule has 1 aromatic carbocycles. The number of hydrogen-bond donors (Lipinski definition) is 0. The molecule has 0 aliphatic carbocycles. The molecule has 2 aliphatic heterocycles. The Balaban J connectivity index is 1.54. The maximum Gasteiger partial charge on any atom is 0.267 e. The highest BCUT2D eigenvalue weighted by Crippen LogP contribution is 2.34. The molecule has 2 aromatic heterocycles. The molecule has 2 aliphatic rings. The largest absolute Gasteiger partial charge is 0.372 e. The van der Waals surface area contributed by atoms with Gasteiger partial charge in [-0.2, -0.15) is 0 Å². The summed E-state index contributed by atoms with van der Waals surface area (Å²) in [5.41, 5.74) is 2.84. The molecular weight excluding hydrogens is 492 g/mol. The Labute approximate surface area is 219 Å². The number of carbonyl (C=O) groups excluding carboxylic acids is 1. The third-order valence-electron chi connectivity index (χ3n) is 6.40. The Kier molecular flexibility index (Phi) is 6.96. The summed E-state index contributed by atoms with van der Waals surface area (Å²) in [5.74, 6) is 0.398. The highest BCUT2D eigenvalue weighted by molar-refractivity contribution is 8.26. The van der Waals surface area contributed by atoms with Crippen LogP contribution in [0.25, 0.3) is 11.7 Å². The Morgan fingerprint density at radius 1 is 1.11 bits per heavy atom. The first kappa shape index (κ1) is 24.7. The average Bonchev–Trinajstić information content (AvgIpc) is 3.11. The molecule has 0 bridgehead atoms. The van der Waals surface area contributed by atoms with Crippen LogP contribution in [0.4, 0.5) is 5.82 Å². The van der Waals surface area contributed by atoms with Gasteiger partial charge in [-0.15, -0.1) is 0 Å². The zero-order chi connectivity index (χ0) is 25.4. The summed E-state index contributed by atoms with van der Waals surface area (Å²) in [6, 6.07) is 13.8. The number of hydrogen-bond acceptors (Lipinski definition) is 7. The van der Waals surface area contributed by atoms with Crippen molar-refractivity contribution in [2.45, 2.75) is 39.4 Å². The van der Waals surface area contributed by atoms with Gasteiger partial charge < -0.3 is 9.64 Å². The summed E-state index contributed by atoms with van der Waals surface area (Å²) in [4.78, 5) is 36.2. The Hall–Kier alpha value is -3.01. The molecule has 5 rings (SSSR count). The zero-order valence-corrected chi connectivity index (χ0v) is 22.1. The number of pyridine rings is 1. The van der Waals surface area contributed by atoms with Crippen molar-refractivity contribution in [1.82, 2.24) is 14.3 Å². The van der Waals surface area contributed by atoms with Crippen molar-refractivity contribution in [2.75, 3.05) is 24.5 Å². The number of nitrogens with zero attached hydrogens (tertiary/aromatic N) is 4. The first-order chi connectivity index (χ1) is 17.3. The normalized spacial score (nSPS) is 21.7. The van der Waals surface area contributed by atoms with Crippen LogP contribution in [0, 0.1) is 6.92 Å². The highest BCUT2D eigenvalue weighted by atomic mass is 32.2. The van der Waals surface area contributed by atoms with Gasteiger partial charge in [0.25, 0.3) is 11.5 Å². The van der Waals surface area contributed by atoms with Gasteiger partial charge in [0.15, 0.2) is 0 Å². The highest BCUT2D eigenvalue weighted by Gasteiger charge is 2.33. The van der Waals surface area contributed by atoms with Crippen LogP contribution in [0.5, 0.6) is 0 Å². The van der Waals surface area contributed by atoms with Crippen LogP contribution in [0.2, 0.25) is 0 Å². The first-order valence-corrected chi connectivity index (χ1v) is 13.3. The van der Waals surface area contributed by atoms with E-state index in [1.54, 1.807) is 21.6 Å². The van der Waals surface area contributed by atoms with Gasteiger partial charge in [0.05, 0.1) is 22.7 Å². The number of aryl methyl sites for hydroxylation is 1. The van der Waals surface area contributed by atoms with E-state index in [2.05, 4.69) is 4.90 Å². The number of rotatable bonds is 5. The molecular formula is C27H28N4O3S2. The average molecular weight is 521 g/mol. The van der Waals surface area contributed by atoms with Crippen molar-refractivity contribution in [3.8, 4) is 0 Å². The molecule has 0 radical (unpaired) electrons. The van der Waals surface area contributed by atoms with Crippen molar-refractivity contribution in [3.63, 3.8) is 0 Å². The van der Waals surface area contributed by atoms with Crippen LogP contribution in [0.3, 0.4) is 0 Å². The van der Waals surface area contributed by atoms with Gasteiger partial charge in [-0.05, 0) is 50.5 Å². The molecule has 2 atom stereocenters. The Morgan fingerprint density at radius 3 is 2.56 bits per heavy atom. The maximum absolute atomic E-state index is 13.7. The van der Waals surface area contributed by atoms with Crippen LogP contribution in [-0.4, -0.2) is 56.4 Å². The Morgan fingerprint density at radius 2 is 1.83 bits per heavy atom. The smallest absolute Gasteiger partial charge is 0.267 e. The van der Waals surface area contributed by atoms with E-state index in [0.717, 1.165) is 11.1 Å². The van der Waals surface area contributed by atoms with Gasteiger partial charge in [0, 0.05) is 25.8 Å². The first-order valence-electron chi connectivity index (χ1n) is 12.0. The number of ether oxygens (including phenoxy) is 1. The molecule has 2 saturated heterocycles. The second-order valence-corrected chi connectivity index (χ2v) is 10.9. The van der Waals surface area contributed by atoms with E-state index in [1.807, 2.05) is 63.2 Å². The van der Waals surface area contributed by atoms with E-state index < -0.39 is 0 Å². The molecule has 36 heavy (non-hydrogen) atoms. The molecule has 3 aromatic rings. The standard InChI is InChI=1S/C27H28N4O3S2/c1-17-8-7-12-30-23(17)28-24(29-15-18(2)34-19(3)16-29)21(25(30)32)14-22-26(33)31(27(35)36-22)13-11-20-9-5-4-6-10-20/h4-10,12,14,18-19H,11,13,15-16H2,1-3H3/b22-14+/t18-,19+. The number of thioether (sulfide) groups is 1. The van der Waals surface area contributed by atoms with Gasteiger partial charge in [-0.3, -0.25) is 18.9 Å². The fraction of sp³-hybridized carbons (Fsp3) is 0.333. The maximum atomic E-state index is 13.7. The van der Waals surface area contributed by atoms with Crippen LogP contribution in [0.15, 0.2) is 58.4 Å². The zero-order valence-electron chi connectivity index (χ0n) is 20.5. The molecule has 2 fully saturated rings. The van der Waals surface area contributed by atoms with Crippen molar-refractivity contribution >= 4 is 51.7 Å². The lowest BCUT2D eigenvalue weighted by Gasteiger charge is -2.36. The van der Waals surface area contributed by atoms with E-state index in [4.69, 9.17) is 21.9 Å². The topological polar surface area (TPSA) is 67.2 Å². The molecule has 0 N–H and O–H groups in total. The fourth-order valence-electron chi connectivity index (χ4n) is 4.73. The molecule has 1 amide bonds. The summed E-state index contributed by atoms with van der Waals surface area (Å²) in [5, 5.41) is 0. The number of morpholine rings is 1. The predicted molar refractivity (Wildman–Crippen MR) is 148 cm³/mol. The van der Waals surface area contributed by atoms with Crippen molar-refractivity contribution in [3.05, 3.63) is 80.6 Å². The van der Waals surface area contributed by atoms with E-state index >= 15 is 0 Å². The summed E-state index contributed by atoms with van der Waals surface area (Å²) < 4.78 is 7.96. The lowest BCUT2D eigenvalue weighted by Crippen LogP contribution is -2.46. The number of amides is 1. The predicted octanol–water partition coefficient (Wildman–Crippen LogP) is 4.06. The van der Waals surface area contributed by atoms with Crippen LogP contribution < -0.4 is 10.5 Å².